The summed E-state index contributed by atoms with van der Waals surface area (Å²) in [6, 6.07) is 8.74. The van der Waals surface area contributed by atoms with Gasteiger partial charge in [0.2, 0.25) is 0 Å². The molecule has 0 fully saturated rings. The van der Waals surface area contributed by atoms with Crippen LogP contribution in [0.1, 0.15) is 70.3 Å². The van der Waals surface area contributed by atoms with Crippen molar-refractivity contribution in [3.05, 3.63) is 34.3 Å². The molecule has 0 N–H and O–H groups in total. The van der Waals surface area contributed by atoms with Crippen molar-refractivity contribution in [2.24, 2.45) is 5.92 Å². The molecule has 0 saturated heterocycles. The minimum absolute atomic E-state index is 0.777. The van der Waals surface area contributed by atoms with E-state index in [1.165, 1.54) is 74.2 Å². The highest BCUT2D eigenvalue weighted by molar-refractivity contribution is 9.10. The van der Waals surface area contributed by atoms with E-state index in [1.807, 2.05) is 0 Å². The second-order valence-electron chi connectivity index (χ2n) is 6.12. The molecule has 0 saturated carbocycles. The molecule has 21 heavy (non-hydrogen) atoms. The van der Waals surface area contributed by atoms with Crippen LogP contribution in [0.5, 0.6) is 0 Å². The van der Waals surface area contributed by atoms with Crippen LogP contribution in [0, 0.1) is 5.92 Å². The maximum absolute atomic E-state index is 3.69. The van der Waals surface area contributed by atoms with Gasteiger partial charge < -0.3 is 0 Å². The number of rotatable bonds is 12. The molecule has 0 bridgehead atoms. The van der Waals surface area contributed by atoms with Crippen molar-refractivity contribution in [1.82, 2.24) is 0 Å². The Bertz CT molecular complexity index is 362. The molecular weight excluding hydrogens is 388 g/mol. The Kier molecular flexibility index (Phi) is 11.6. The lowest BCUT2D eigenvalue weighted by atomic mass is 9.95. The predicted molar refractivity (Wildman–Crippen MR) is 102 cm³/mol. The van der Waals surface area contributed by atoms with Crippen LogP contribution in [0.3, 0.4) is 0 Å². The average Bonchev–Trinajstić information content (AvgIpc) is 2.48. The molecule has 0 amide bonds. The molecule has 1 rings (SSSR count). The lowest BCUT2D eigenvalue weighted by molar-refractivity contribution is 0.486. The van der Waals surface area contributed by atoms with Gasteiger partial charge in [-0.25, -0.2) is 0 Å². The molecule has 1 aromatic rings. The number of benzene rings is 1. The van der Waals surface area contributed by atoms with Crippen LogP contribution in [0.2, 0.25) is 0 Å². The molecule has 0 nitrogen and oxygen atoms in total. The van der Waals surface area contributed by atoms with Crippen LogP contribution >= 0.6 is 31.9 Å². The molecule has 0 aromatic heterocycles. The predicted octanol–water partition coefficient (Wildman–Crippen LogP) is 7.53. The lowest BCUT2D eigenvalue weighted by Gasteiger charge is -2.14. The van der Waals surface area contributed by atoms with E-state index in [0.717, 1.165) is 11.2 Å². The van der Waals surface area contributed by atoms with Gasteiger partial charge >= 0.3 is 0 Å². The smallest absolute Gasteiger partial charge is 0.0177 e. The molecule has 0 spiro atoms. The molecule has 0 radical (unpaired) electrons. The molecule has 0 heterocycles. The van der Waals surface area contributed by atoms with Crippen molar-refractivity contribution in [3.8, 4) is 0 Å². The van der Waals surface area contributed by atoms with E-state index >= 15 is 0 Å². The topological polar surface area (TPSA) is 0 Å². The zero-order chi connectivity index (χ0) is 15.3. The van der Waals surface area contributed by atoms with Crippen molar-refractivity contribution in [2.75, 3.05) is 5.33 Å². The van der Waals surface area contributed by atoms with Crippen LogP contribution in [-0.4, -0.2) is 5.33 Å². The first-order chi connectivity index (χ1) is 10.3. The van der Waals surface area contributed by atoms with E-state index in [4.69, 9.17) is 0 Å². The standard InChI is InChI=1S/C19H30Br2/c1-2-3-4-5-6-7-8-9-11-18(16-20)14-17-12-10-13-19(21)15-17/h10,12-13,15,18H,2-9,11,14,16H2,1H3. The van der Waals surface area contributed by atoms with Crippen LogP contribution in [0.15, 0.2) is 28.7 Å². The third kappa shape index (κ3) is 9.73. The van der Waals surface area contributed by atoms with Gasteiger partial charge in [-0.15, -0.1) is 0 Å². The summed E-state index contributed by atoms with van der Waals surface area (Å²) in [7, 11) is 0. The second-order valence-corrected chi connectivity index (χ2v) is 7.68. The zero-order valence-corrected chi connectivity index (χ0v) is 16.6. The molecule has 120 valence electrons. The van der Waals surface area contributed by atoms with E-state index in [0.29, 0.717) is 0 Å². The van der Waals surface area contributed by atoms with E-state index < -0.39 is 0 Å². The number of halogens is 2. The highest BCUT2D eigenvalue weighted by Gasteiger charge is 2.08. The van der Waals surface area contributed by atoms with Crippen molar-refractivity contribution in [2.45, 2.75) is 71.1 Å². The van der Waals surface area contributed by atoms with Crippen molar-refractivity contribution in [1.29, 1.82) is 0 Å². The molecular formula is C19H30Br2. The van der Waals surface area contributed by atoms with E-state index in [9.17, 15) is 0 Å². The molecule has 2 heteroatoms. The lowest BCUT2D eigenvalue weighted by Crippen LogP contribution is -2.06. The van der Waals surface area contributed by atoms with E-state index in [1.54, 1.807) is 0 Å². The van der Waals surface area contributed by atoms with Crippen LogP contribution < -0.4 is 0 Å². The minimum Gasteiger partial charge on any atom is -0.0925 e. The molecule has 1 unspecified atom stereocenters. The van der Waals surface area contributed by atoms with Gasteiger partial charge in [-0.2, -0.15) is 0 Å². The minimum atomic E-state index is 0.777. The van der Waals surface area contributed by atoms with Gasteiger partial charge in [-0.3, -0.25) is 0 Å². The third-order valence-corrected chi connectivity index (χ3v) is 5.51. The maximum atomic E-state index is 3.69. The van der Waals surface area contributed by atoms with Crippen LogP contribution in [0.25, 0.3) is 0 Å². The molecule has 0 aliphatic carbocycles. The monoisotopic (exact) mass is 416 g/mol. The normalized spacial score (nSPS) is 12.5. The van der Waals surface area contributed by atoms with Gasteiger partial charge in [-0.1, -0.05) is 102 Å². The van der Waals surface area contributed by atoms with Gasteiger partial charge in [0.25, 0.3) is 0 Å². The van der Waals surface area contributed by atoms with Crippen molar-refractivity contribution >= 4 is 31.9 Å². The summed E-state index contributed by atoms with van der Waals surface area (Å²) in [4.78, 5) is 0. The average molecular weight is 418 g/mol. The quantitative estimate of drug-likeness (QED) is 0.243. The van der Waals surface area contributed by atoms with Crippen molar-refractivity contribution < 1.29 is 0 Å². The van der Waals surface area contributed by atoms with Gasteiger partial charge in [-0.05, 0) is 36.5 Å². The van der Waals surface area contributed by atoms with Gasteiger partial charge in [0, 0.05) is 9.80 Å². The maximum Gasteiger partial charge on any atom is 0.0177 e. The fourth-order valence-electron chi connectivity index (χ4n) is 2.80. The van der Waals surface area contributed by atoms with E-state index in [-0.39, 0.29) is 0 Å². The Labute approximate surface area is 148 Å². The fourth-order valence-corrected chi connectivity index (χ4v) is 3.80. The summed E-state index contributed by atoms with van der Waals surface area (Å²) in [6.07, 6.45) is 13.8. The first kappa shape index (κ1) is 19.2. The Morgan fingerprint density at radius 1 is 0.952 bits per heavy atom. The summed E-state index contributed by atoms with van der Waals surface area (Å²) in [5.41, 5.74) is 1.45. The number of hydrogen-bond acceptors (Lipinski definition) is 0. The first-order valence-electron chi connectivity index (χ1n) is 8.56. The Hall–Kier alpha value is 0.180. The van der Waals surface area contributed by atoms with Crippen LogP contribution in [0.4, 0.5) is 0 Å². The molecule has 1 atom stereocenters. The first-order valence-corrected chi connectivity index (χ1v) is 10.5. The van der Waals surface area contributed by atoms with E-state index in [2.05, 4.69) is 63.0 Å². The number of alkyl halides is 1. The highest BCUT2D eigenvalue weighted by atomic mass is 79.9. The fraction of sp³-hybridized carbons (Fsp3) is 0.684. The van der Waals surface area contributed by atoms with Crippen LogP contribution in [-0.2, 0) is 6.42 Å². The molecule has 1 aromatic carbocycles. The number of unbranched alkanes of at least 4 members (excludes halogenated alkanes) is 7. The summed E-state index contributed by atoms with van der Waals surface area (Å²) in [6.45, 7) is 2.28. The summed E-state index contributed by atoms with van der Waals surface area (Å²) < 4.78 is 1.19. The Morgan fingerprint density at radius 3 is 2.24 bits per heavy atom. The van der Waals surface area contributed by atoms with Gasteiger partial charge in [0.1, 0.15) is 0 Å². The third-order valence-electron chi connectivity index (χ3n) is 4.10. The number of hydrogen-bond donors (Lipinski definition) is 0. The summed E-state index contributed by atoms with van der Waals surface area (Å²) >= 11 is 7.25. The van der Waals surface area contributed by atoms with Gasteiger partial charge in [0.15, 0.2) is 0 Å². The Morgan fingerprint density at radius 2 is 1.62 bits per heavy atom. The molecule has 0 aliphatic rings. The van der Waals surface area contributed by atoms with Crippen molar-refractivity contribution in [3.63, 3.8) is 0 Å². The molecule has 0 aliphatic heterocycles. The summed E-state index contributed by atoms with van der Waals surface area (Å²) in [5, 5.41) is 1.12. The zero-order valence-electron chi connectivity index (χ0n) is 13.4. The highest BCUT2D eigenvalue weighted by Crippen LogP contribution is 2.21. The largest absolute Gasteiger partial charge is 0.0925 e. The second kappa shape index (κ2) is 12.7. The summed E-state index contributed by atoms with van der Waals surface area (Å²) in [5.74, 6) is 0.777. The Balaban J connectivity index is 2.11. The SMILES string of the molecule is CCCCCCCCCCC(CBr)Cc1cccc(Br)c1. The van der Waals surface area contributed by atoms with Gasteiger partial charge in [0.05, 0.1) is 0 Å².